The van der Waals surface area contributed by atoms with Crippen LogP contribution in [0.5, 0.6) is 5.75 Å². The second-order valence-electron chi connectivity index (χ2n) is 10.4. The van der Waals surface area contributed by atoms with E-state index in [1.807, 2.05) is 48.5 Å². The van der Waals surface area contributed by atoms with Gasteiger partial charge < -0.3 is 15.1 Å². The van der Waals surface area contributed by atoms with Crippen LogP contribution in [-0.4, -0.2) is 46.8 Å². The number of halogens is 1. The molecule has 4 rings (SSSR count). The van der Waals surface area contributed by atoms with E-state index in [9.17, 15) is 10.2 Å². The molecule has 1 saturated heterocycles. The summed E-state index contributed by atoms with van der Waals surface area (Å²) in [7, 11) is 0. The van der Waals surface area contributed by atoms with Gasteiger partial charge in [-0.05, 0) is 93.5 Å². The lowest BCUT2D eigenvalue weighted by Gasteiger charge is -2.42. The molecule has 3 atom stereocenters. The minimum atomic E-state index is -0.539. The number of anilines is 1. The van der Waals surface area contributed by atoms with Crippen molar-refractivity contribution in [1.82, 2.24) is 4.90 Å². The van der Waals surface area contributed by atoms with Crippen LogP contribution in [0.15, 0.2) is 72.8 Å². The Balaban J connectivity index is 1.48. The lowest BCUT2D eigenvalue weighted by Crippen LogP contribution is -2.46. The number of piperidine rings is 1. The van der Waals surface area contributed by atoms with Crippen LogP contribution in [0.1, 0.15) is 61.8 Å². The molecule has 0 radical (unpaired) electrons. The molecule has 0 aromatic heterocycles. The van der Waals surface area contributed by atoms with Crippen molar-refractivity contribution in [2.75, 3.05) is 24.5 Å². The minimum Gasteiger partial charge on any atom is -0.506 e. The van der Waals surface area contributed by atoms with Crippen LogP contribution in [-0.2, 0) is 0 Å². The third-order valence-electron chi connectivity index (χ3n) is 7.51. The van der Waals surface area contributed by atoms with E-state index in [1.165, 1.54) is 5.56 Å². The molecule has 36 heavy (non-hydrogen) atoms. The first-order valence-electron chi connectivity index (χ1n) is 13.1. The molecule has 3 unspecified atom stereocenters. The number of rotatable bonds is 9. The Labute approximate surface area is 221 Å². The Morgan fingerprint density at radius 2 is 1.75 bits per heavy atom. The van der Waals surface area contributed by atoms with Crippen molar-refractivity contribution in [2.24, 2.45) is 0 Å². The van der Waals surface area contributed by atoms with Gasteiger partial charge >= 0.3 is 0 Å². The normalized spacial score (nSPS) is 19.4. The van der Waals surface area contributed by atoms with E-state index in [2.05, 4.69) is 48.8 Å². The molecule has 0 spiro atoms. The standard InChI is InChI=1S/C31H39ClN2O2/c1-22(2)34(28-20-23(3)10-15-30(28)35)18-7-17-33-19-16-26(24-11-13-27(32)14-12-24)21-29(33)31(36)25-8-5-4-6-9-25/h4-6,8-15,20,22,26,29,31,35-36H,7,16-19,21H2,1-3H3. The number of hydrogen-bond acceptors (Lipinski definition) is 4. The predicted molar refractivity (Wildman–Crippen MR) is 150 cm³/mol. The van der Waals surface area contributed by atoms with Crippen molar-refractivity contribution < 1.29 is 10.2 Å². The van der Waals surface area contributed by atoms with Crippen molar-refractivity contribution in [2.45, 2.75) is 64.1 Å². The molecule has 1 fully saturated rings. The molecule has 0 bridgehead atoms. The Morgan fingerprint density at radius 1 is 1.03 bits per heavy atom. The van der Waals surface area contributed by atoms with E-state index < -0.39 is 6.10 Å². The maximum absolute atomic E-state index is 11.5. The fourth-order valence-corrected chi connectivity index (χ4v) is 5.65. The molecule has 1 aliphatic rings. The van der Waals surface area contributed by atoms with Crippen LogP contribution in [0.25, 0.3) is 0 Å². The Hall–Kier alpha value is -2.53. The summed E-state index contributed by atoms with van der Waals surface area (Å²) in [6.07, 6.45) is 2.38. The maximum Gasteiger partial charge on any atom is 0.138 e. The van der Waals surface area contributed by atoms with Gasteiger partial charge in [0.05, 0.1) is 11.8 Å². The summed E-state index contributed by atoms with van der Waals surface area (Å²) in [4.78, 5) is 4.75. The Kier molecular flexibility index (Phi) is 8.95. The van der Waals surface area contributed by atoms with Crippen molar-refractivity contribution in [3.63, 3.8) is 0 Å². The quantitative estimate of drug-likeness (QED) is 0.330. The van der Waals surface area contributed by atoms with Gasteiger partial charge in [-0.3, -0.25) is 4.90 Å². The van der Waals surface area contributed by atoms with Gasteiger partial charge in [-0.15, -0.1) is 0 Å². The highest BCUT2D eigenvalue weighted by atomic mass is 35.5. The molecule has 1 heterocycles. The molecule has 3 aromatic rings. The third kappa shape index (κ3) is 6.42. The molecule has 0 aliphatic carbocycles. The largest absolute Gasteiger partial charge is 0.506 e. The Morgan fingerprint density at radius 3 is 2.44 bits per heavy atom. The van der Waals surface area contributed by atoms with E-state index in [0.717, 1.165) is 60.7 Å². The van der Waals surface area contributed by atoms with Crippen LogP contribution in [0, 0.1) is 6.92 Å². The number of benzene rings is 3. The topological polar surface area (TPSA) is 46.9 Å². The van der Waals surface area contributed by atoms with E-state index in [-0.39, 0.29) is 12.1 Å². The summed E-state index contributed by atoms with van der Waals surface area (Å²) in [5.74, 6) is 0.730. The SMILES string of the molecule is Cc1ccc(O)c(N(CCCN2CCC(c3ccc(Cl)cc3)CC2C(O)c2ccccc2)C(C)C)c1. The van der Waals surface area contributed by atoms with Crippen molar-refractivity contribution in [1.29, 1.82) is 0 Å². The zero-order chi connectivity index (χ0) is 25.7. The van der Waals surface area contributed by atoms with E-state index >= 15 is 0 Å². The molecule has 3 aromatic carbocycles. The van der Waals surface area contributed by atoms with E-state index in [1.54, 1.807) is 6.07 Å². The smallest absolute Gasteiger partial charge is 0.138 e. The third-order valence-corrected chi connectivity index (χ3v) is 7.77. The van der Waals surface area contributed by atoms with Gasteiger partial charge in [-0.2, -0.15) is 0 Å². The first-order chi connectivity index (χ1) is 17.3. The number of hydrogen-bond donors (Lipinski definition) is 2. The van der Waals surface area contributed by atoms with Crippen molar-refractivity contribution in [3.8, 4) is 5.75 Å². The average molecular weight is 507 g/mol. The highest BCUT2D eigenvalue weighted by Crippen LogP contribution is 2.37. The van der Waals surface area contributed by atoms with Crippen LogP contribution in [0.2, 0.25) is 5.02 Å². The van der Waals surface area contributed by atoms with Gasteiger partial charge in [-0.25, -0.2) is 0 Å². The molecule has 192 valence electrons. The number of nitrogens with zero attached hydrogens (tertiary/aromatic N) is 2. The first-order valence-corrected chi connectivity index (χ1v) is 13.5. The number of phenols is 1. The summed E-state index contributed by atoms with van der Waals surface area (Å²) in [5.41, 5.74) is 4.30. The summed E-state index contributed by atoms with van der Waals surface area (Å²) < 4.78 is 0. The Bertz CT molecular complexity index is 1100. The lowest BCUT2D eigenvalue weighted by atomic mass is 9.82. The fraction of sp³-hybridized carbons (Fsp3) is 0.419. The molecule has 0 amide bonds. The van der Waals surface area contributed by atoms with Gasteiger partial charge in [0.15, 0.2) is 0 Å². The molecule has 1 aliphatic heterocycles. The lowest BCUT2D eigenvalue weighted by molar-refractivity contribution is 0.0181. The second kappa shape index (κ2) is 12.1. The summed E-state index contributed by atoms with van der Waals surface area (Å²) >= 11 is 6.13. The monoisotopic (exact) mass is 506 g/mol. The molecule has 4 nitrogen and oxygen atoms in total. The molecule has 0 saturated carbocycles. The molecule has 2 N–H and O–H groups in total. The van der Waals surface area contributed by atoms with Crippen molar-refractivity contribution >= 4 is 17.3 Å². The predicted octanol–water partition coefficient (Wildman–Crippen LogP) is 6.94. The zero-order valence-electron chi connectivity index (χ0n) is 21.6. The first kappa shape index (κ1) is 26.5. The maximum atomic E-state index is 11.5. The van der Waals surface area contributed by atoms with Crippen LogP contribution < -0.4 is 4.90 Å². The molecular formula is C31H39ClN2O2. The highest BCUT2D eigenvalue weighted by Gasteiger charge is 2.34. The number of aliphatic hydroxyl groups excluding tert-OH is 1. The highest BCUT2D eigenvalue weighted by molar-refractivity contribution is 6.30. The summed E-state index contributed by atoms with van der Waals surface area (Å²) in [6.45, 7) is 9.08. The number of aliphatic hydroxyl groups is 1. The summed E-state index contributed by atoms with van der Waals surface area (Å²) in [6, 6.07) is 24.3. The van der Waals surface area contributed by atoms with Gasteiger partial charge in [-0.1, -0.05) is 60.1 Å². The van der Waals surface area contributed by atoms with E-state index in [0.29, 0.717) is 11.7 Å². The fourth-order valence-electron chi connectivity index (χ4n) is 5.53. The van der Waals surface area contributed by atoms with Gasteiger partial charge in [0, 0.05) is 30.2 Å². The average Bonchev–Trinajstić information content (AvgIpc) is 2.88. The summed E-state index contributed by atoms with van der Waals surface area (Å²) in [5, 5.41) is 22.7. The number of aryl methyl sites for hydroxylation is 1. The number of phenolic OH excluding ortho intramolecular Hbond substituents is 1. The van der Waals surface area contributed by atoms with Crippen LogP contribution >= 0.6 is 11.6 Å². The van der Waals surface area contributed by atoms with Gasteiger partial charge in [0.2, 0.25) is 0 Å². The van der Waals surface area contributed by atoms with Gasteiger partial charge in [0.1, 0.15) is 5.75 Å². The van der Waals surface area contributed by atoms with E-state index in [4.69, 9.17) is 11.6 Å². The van der Waals surface area contributed by atoms with Gasteiger partial charge in [0.25, 0.3) is 0 Å². The van der Waals surface area contributed by atoms with Crippen molar-refractivity contribution in [3.05, 3.63) is 94.5 Å². The second-order valence-corrected chi connectivity index (χ2v) is 10.8. The van der Waals surface area contributed by atoms with Crippen LogP contribution in [0.4, 0.5) is 5.69 Å². The number of likely N-dealkylation sites (tertiary alicyclic amines) is 1. The zero-order valence-corrected chi connectivity index (χ0v) is 22.4. The molecular weight excluding hydrogens is 468 g/mol. The minimum absolute atomic E-state index is 0.0432. The van der Waals surface area contributed by atoms with Crippen LogP contribution in [0.3, 0.4) is 0 Å². The molecule has 5 heteroatoms. The number of aromatic hydroxyl groups is 1.